The van der Waals surface area contributed by atoms with Gasteiger partial charge >= 0.3 is 0 Å². The van der Waals surface area contributed by atoms with E-state index in [0.717, 1.165) is 37.8 Å². The number of anilines is 1. The lowest BCUT2D eigenvalue weighted by molar-refractivity contribution is -0.190. The van der Waals surface area contributed by atoms with E-state index < -0.39 is 11.1 Å². The van der Waals surface area contributed by atoms with E-state index in [-0.39, 0.29) is 11.9 Å². The zero-order chi connectivity index (χ0) is 18.4. The summed E-state index contributed by atoms with van der Waals surface area (Å²) < 4.78 is 0. The Balaban J connectivity index is 1.54. The van der Waals surface area contributed by atoms with Gasteiger partial charge in [0, 0.05) is 0 Å². The van der Waals surface area contributed by atoms with Gasteiger partial charge in [0.2, 0.25) is 0 Å². The minimum Gasteiger partial charge on any atom is -0.390 e. The Morgan fingerprint density at radius 1 is 1.12 bits per heavy atom. The highest BCUT2D eigenvalue weighted by molar-refractivity contribution is 6.43. The Morgan fingerprint density at radius 2 is 1.77 bits per heavy atom. The molecule has 6 rings (SSSR count). The van der Waals surface area contributed by atoms with E-state index >= 15 is 0 Å². The van der Waals surface area contributed by atoms with Crippen LogP contribution in [0.5, 0.6) is 0 Å². The predicted molar refractivity (Wildman–Crippen MR) is 102 cm³/mol. The monoisotopic (exact) mass is 394 g/mol. The molecule has 1 saturated heterocycles. The van der Waals surface area contributed by atoms with E-state index in [1.165, 1.54) is 0 Å². The summed E-state index contributed by atoms with van der Waals surface area (Å²) in [6.07, 6.45) is 4.80. The van der Waals surface area contributed by atoms with Crippen molar-refractivity contribution in [2.24, 2.45) is 17.8 Å². The Hall–Kier alpha value is -0.970. The molecule has 5 aliphatic rings. The molecule has 4 bridgehead atoms. The normalized spacial score (nSPS) is 40.1. The zero-order valence-corrected chi connectivity index (χ0v) is 16.6. The summed E-state index contributed by atoms with van der Waals surface area (Å²) in [6.45, 7) is 3.87. The number of rotatable bonds is 2. The van der Waals surface area contributed by atoms with Gasteiger partial charge in [-0.15, -0.1) is 0 Å². The number of hydrogen-bond donors (Lipinski definition) is 1. The lowest BCUT2D eigenvalue weighted by Crippen LogP contribution is -2.81. The molecule has 4 saturated carbocycles. The first-order chi connectivity index (χ1) is 12.2. The molecule has 1 N–H and O–H groups in total. The second-order valence-corrected chi connectivity index (χ2v) is 10.1. The molecule has 0 radical (unpaired) electrons. The first-order valence-electron chi connectivity index (χ1n) is 9.51. The van der Waals surface area contributed by atoms with E-state index in [9.17, 15) is 9.90 Å². The minimum absolute atomic E-state index is 0.137. The van der Waals surface area contributed by atoms with Gasteiger partial charge in [0.05, 0.1) is 27.4 Å². The first kappa shape index (κ1) is 17.2. The van der Waals surface area contributed by atoms with Crippen molar-refractivity contribution < 1.29 is 9.90 Å². The topological polar surface area (TPSA) is 43.8 Å². The summed E-state index contributed by atoms with van der Waals surface area (Å²) in [5.74, 6) is 1.48. The fraction of sp³-hybridized carbons (Fsp3) is 0.650. The molecular weight excluding hydrogens is 371 g/mol. The number of halogens is 2. The Kier molecular flexibility index (Phi) is 3.50. The average Bonchev–Trinajstić information content (AvgIpc) is 2.55. The molecule has 1 aromatic carbocycles. The van der Waals surface area contributed by atoms with Crippen molar-refractivity contribution in [3.8, 4) is 0 Å². The molecular formula is C20H24Cl2N2O2. The van der Waals surface area contributed by atoms with Crippen LogP contribution in [0.3, 0.4) is 0 Å². The van der Waals surface area contributed by atoms with Gasteiger partial charge in [0.1, 0.15) is 5.54 Å². The summed E-state index contributed by atoms with van der Waals surface area (Å²) in [4.78, 5) is 13.1. The molecule has 4 aliphatic carbocycles. The summed E-state index contributed by atoms with van der Waals surface area (Å²) in [6, 6.07) is 5.73. The predicted octanol–water partition coefficient (Wildman–Crippen LogP) is 4.28. The maximum atomic E-state index is 13.1. The number of carbonyl (C=O) groups is 1. The largest absolute Gasteiger partial charge is 0.390 e. The van der Waals surface area contributed by atoms with Crippen LogP contribution in [0.1, 0.15) is 46.0 Å². The van der Waals surface area contributed by atoms with Crippen LogP contribution in [0.4, 0.5) is 5.69 Å². The number of aliphatic hydroxyl groups is 1. The van der Waals surface area contributed by atoms with Gasteiger partial charge in [-0.1, -0.05) is 29.3 Å². The first-order valence-corrected chi connectivity index (χ1v) is 10.3. The molecule has 1 heterocycles. The molecule has 3 unspecified atom stereocenters. The Labute approximate surface area is 164 Å². The van der Waals surface area contributed by atoms with Gasteiger partial charge in [-0.25, -0.2) is 5.01 Å². The van der Waals surface area contributed by atoms with Crippen LogP contribution in [0, 0.1) is 17.8 Å². The molecule has 5 atom stereocenters. The van der Waals surface area contributed by atoms with E-state index in [0.29, 0.717) is 27.8 Å². The molecule has 1 aliphatic heterocycles. The molecule has 6 heteroatoms. The van der Waals surface area contributed by atoms with E-state index in [1.807, 2.05) is 36.0 Å². The Morgan fingerprint density at radius 3 is 2.38 bits per heavy atom. The SMILES string of the molecule is CC1(C)C(=O)N(C2[C@@H]3CC4C[C@H]2CC(O)(C4)C3)N1c1cccc(Cl)c1Cl. The van der Waals surface area contributed by atoms with Gasteiger partial charge < -0.3 is 5.11 Å². The van der Waals surface area contributed by atoms with Gasteiger partial charge in [-0.3, -0.25) is 9.80 Å². The highest BCUT2D eigenvalue weighted by atomic mass is 35.5. The molecule has 1 amide bonds. The highest BCUT2D eigenvalue weighted by Crippen LogP contribution is 2.59. The van der Waals surface area contributed by atoms with Crippen molar-refractivity contribution in [3.63, 3.8) is 0 Å². The summed E-state index contributed by atoms with van der Waals surface area (Å²) >= 11 is 12.7. The lowest BCUT2D eigenvalue weighted by Gasteiger charge is -2.67. The molecule has 0 spiro atoms. The van der Waals surface area contributed by atoms with Gasteiger partial charge in [-0.05, 0) is 75.8 Å². The van der Waals surface area contributed by atoms with Gasteiger partial charge in [0.25, 0.3) is 5.91 Å². The summed E-state index contributed by atoms with van der Waals surface area (Å²) in [5, 5.41) is 15.8. The van der Waals surface area contributed by atoms with Crippen molar-refractivity contribution >= 4 is 34.8 Å². The van der Waals surface area contributed by atoms with Crippen molar-refractivity contribution in [2.75, 3.05) is 5.01 Å². The standard InChI is InChI=1S/C20H24Cl2N2O2/c1-19(2)18(25)23(24(19)15-5-3-4-14(21)16(15)22)17-12-6-11-7-13(17)10-20(26,8-11)9-12/h3-5,11-13,17,26H,6-10H2,1-2H3/t11?,12-,13+,17?,20?. The van der Waals surface area contributed by atoms with Crippen LogP contribution in [0.15, 0.2) is 18.2 Å². The Bertz CT molecular complexity index is 780. The van der Waals surface area contributed by atoms with Gasteiger partial charge in [0.15, 0.2) is 0 Å². The van der Waals surface area contributed by atoms with Crippen LogP contribution in [0.2, 0.25) is 10.0 Å². The second-order valence-electron chi connectivity index (χ2n) is 9.28. The van der Waals surface area contributed by atoms with Crippen molar-refractivity contribution in [1.82, 2.24) is 5.01 Å². The fourth-order valence-corrected chi connectivity index (χ4v) is 6.76. The number of benzene rings is 1. The quantitative estimate of drug-likeness (QED) is 0.813. The van der Waals surface area contributed by atoms with Crippen LogP contribution in [-0.2, 0) is 4.79 Å². The molecule has 4 nitrogen and oxygen atoms in total. The number of nitrogens with zero attached hydrogens (tertiary/aromatic N) is 2. The average molecular weight is 395 g/mol. The fourth-order valence-electron chi connectivity index (χ4n) is 6.38. The molecule has 140 valence electrons. The number of hydrogen-bond acceptors (Lipinski definition) is 3. The third-order valence-electron chi connectivity index (χ3n) is 7.11. The van der Waals surface area contributed by atoms with E-state index in [4.69, 9.17) is 23.2 Å². The summed E-state index contributed by atoms with van der Waals surface area (Å²) in [7, 11) is 0. The van der Waals surface area contributed by atoms with Crippen molar-refractivity contribution in [2.45, 2.75) is 63.1 Å². The second kappa shape index (κ2) is 5.30. The summed E-state index contributed by atoms with van der Waals surface area (Å²) in [5.41, 5.74) is -0.356. The number of hydrazine groups is 1. The number of amides is 1. The smallest absolute Gasteiger partial charge is 0.268 e. The van der Waals surface area contributed by atoms with Gasteiger partial charge in [-0.2, -0.15) is 0 Å². The third-order valence-corrected chi connectivity index (χ3v) is 7.92. The molecule has 1 aromatic rings. The highest BCUT2D eigenvalue weighted by Gasteiger charge is 2.63. The molecule has 26 heavy (non-hydrogen) atoms. The van der Waals surface area contributed by atoms with Crippen molar-refractivity contribution in [1.29, 1.82) is 0 Å². The van der Waals surface area contributed by atoms with Crippen LogP contribution < -0.4 is 5.01 Å². The van der Waals surface area contributed by atoms with E-state index in [2.05, 4.69) is 0 Å². The van der Waals surface area contributed by atoms with Crippen LogP contribution >= 0.6 is 23.2 Å². The molecule has 0 aromatic heterocycles. The van der Waals surface area contributed by atoms with Crippen LogP contribution in [0.25, 0.3) is 0 Å². The minimum atomic E-state index is -0.639. The third kappa shape index (κ3) is 2.15. The van der Waals surface area contributed by atoms with E-state index in [1.54, 1.807) is 6.07 Å². The lowest BCUT2D eigenvalue weighted by atomic mass is 9.52. The van der Waals surface area contributed by atoms with Crippen LogP contribution in [-0.4, -0.2) is 33.2 Å². The number of carbonyl (C=O) groups excluding carboxylic acids is 1. The maximum absolute atomic E-state index is 13.1. The zero-order valence-electron chi connectivity index (χ0n) is 15.1. The maximum Gasteiger partial charge on any atom is 0.268 e. The van der Waals surface area contributed by atoms with Crippen molar-refractivity contribution in [3.05, 3.63) is 28.2 Å². The molecule has 5 fully saturated rings.